The number of amides is 1. The van der Waals surface area contributed by atoms with Crippen molar-refractivity contribution < 1.29 is 49.7 Å². The third kappa shape index (κ3) is 5.93. The summed E-state index contributed by atoms with van der Waals surface area (Å²) >= 11 is 0. The van der Waals surface area contributed by atoms with Gasteiger partial charge in [-0.15, -0.1) is 0 Å². The summed E-state index contributed by atoms with van der Waals surface area (Å²) in [6, 6.07) is 7.65. The van der Waals surface area contributed by atoms with Gasteiger partial charge in [0, 0.05) is 6.42 Å². The Morgan fingerprint density at radius 3 is 2.52 bits per heavy atom. The second kappa shape index (κ2) is 10.1. The first-order valence-electron chi connectivity index (χ1n) is 8.87. The molecule has 1 heterocycles. The van der Waals surface area contributed by atoms with Crippen molar-refractivity contribution in [3.63, 3.8) is 0 Å². The maximum atomic E-state index is 12.2. The third-order valence-corrected chi connectivity index (χ3v) is 4.51. The van der Waals surface area contributed by atoms with E-state index in [0.717, 1.165) is 5.56 Å². The topological polar surface area (TPSA) is 186 Å². The minimum absolute atomic E-state index is 0.145. The number of aliphatic hydroxyl groups is 5. The second-order valence-corrected chi connectivity index (χ2v) is 6.76. The second-order valence-electron chi connectivity index (χ2n) is 6.76. The van der Waals surface area contributed by atoms with Gasteiger partial charge >= 0.3 is 5.97 Å². The van der Waals surface area contributed by atoms with E-state index in [1.807, 2.05) is 6.07 Å². The normalized spacial score (nSPS) is 29.1. The molecule has 2 rings (SSSR count). The molecule has 6 atom stereocenters. The van der Waals surface area contributed by atoms with Gasteiger partial charge in [-0.2, -0.15) is 0 Å². The lowest BCUT2D eigenvalue weighted by atomic mass is 9.88. The molecule has 0 aliphatic carbocycles. The zero-order valence-electron chi connectivity index (χ0n) is 15.4. The molecule has 0 saturated carbocycles. The average Bonchev–Trinajstić information content (AvgIpc) is 2.69. The molecule has 1 fully saturated rings. The zero-order valence-corrected chi connectivity index (χ0v) is 15.4. The van der Waals surface area contributed by atoms with Gasteiger partial charge in [0.15, 0.2) is 0 Å². The number of rotatable bonds is 9. The highest BCUT2D eigenvalue weighted by Gasteiger charge is 2.53. The molecule has 1 aliphatic rings. The summed E-state index contributed by atoms with van der Waals surface area (Å²) in [6.45, 7) is -1.16. The van der Waals surface area contributed by atoms with E-state index >= 15 is 0 Å². The number of carbonyl (C=O) groups excluding carboxylic acids is 1. The molecule has 11 heteroatoms. The van der Waals surface area contributed by atoms with E-state index in [-0.39, 0.29) is 6.61 Å². The number of carboxylic acid groups (broad SMARTS) is 1. The molecule has 1 aromatic carbocycles. The molecule has 29 heavy (non-hydrogen) atoms. The number of carbonyl (C=O) groups is 2. The van der Waals surface area contributed by atoms with Crippen molar-refractivity contribution in [2.24, 2.45) is 0 Å². The van der Waals surface area contributed by atoms with Crippen molar-refractivity contribution in [2.45, 2.75) is 49.3 Å². The fourth-order valence-electron chi connectivity index (χ4n) is 2.96. The average molecular weight is 415 g/mol. The Labute approximate surface area is 166 Å². The van der Waals surface area contributed by atoms with Crippen molar-refractivity contribution >= 4 is 11.9 Å². The van der Waals surface area contributed by atoms with Crippen LogP contribution in [0.2, 0.25) is 0 Å². The lowest BCUT2D eigenvalue weighted by Crippen LogP contribution is -2.67. The molecule has 0 bridgehead atoms. The van der Waals surface area contributed by atoms with Crippen molar-refractivity contribution in [1.29, 1.82) is 0 Å². The van der Waals surface area contributed by atoms with Gasteiger partial charge in [0.2, 0.25) is 5.91 Å². The number of aliphatic carboxylic acids is 1. The number of hydrogen-bond acceptors (Lipinski definition) is 9. The summed E-state index contributed by atoms with van der Waals surface area (Å²) < 4.78 is 10.3. The fraction of sp³-hybridized carbons (Fsp3) is 0.556. The number of ether oxygens (including phenoxy) is 2. The summed E-state index contributed by atoms with van der Waals surface area (Å²) in [5, 5.41) is 60.6. The predicted octanol–water partition coefficient (Wildman–Crippen LogP) is -2.67. The fourth-order valence-corrected chi connectivity index (χ4v) is 2.96. The number of nitrogens with one attached hydrogen (secondary N) is 1. The van der Waals surface area contributed by atoms with Gasteiger partial charge in [-0.05, 0) is 5.56 Å². The van der Waals surface area contributed by atoms with Gasteiger partial charge in [0.05, 0.1) is 25.4 Å². The molecule has 0 radical (unpaired) electrons. The van der Waals surface area contributed by atoms with Gasteiger partial charge in [0.1, 0.15) is 24.9 Å². The van der Waals surface area contributed by atoms with Crippen LogP contribution in [0.4, 0.5) is 0 Å². The molecule has 1 aromatic rings. The van der Waals surface area contributed by atoms with E-state index in [1.165, 1.54) is 0 Å². The van der Waals surface area contributed by atoms with Crippen LogP contribution >= 0.6 is 0 Å². The number of hydrogen-bond donors (Lipinski definition) is 7. The lowest BCUT2D eigenvalue weighted by molar-refractivity contribution is -0.295. The van der Waals surface area contributed by atoms with Crippen molar-refractivity contribution in [3.8, 4) is 0 Å². The first kappa shape index (κ1) is 23.2. The molecule has 0 aromatic heterocycles. The van der Waals surface area contributed by atoms with E-state index in [4.69, 9.17) is 19.7 Å². The van der Waals surface area contributed by atoms with Crippen LogP contribution in [-0.2, 0) is 25.7 Å². The van der Waals surface area contributed by atoms with Crippen LogP contribution in [0.1, 0.15) is 12.0 Å². The minimum atomic E-state index is -2.84. The van der Waals surface area contributed by atoms with Crippen LogP contribution < -0.4 is 5.32 Å². The van der Waals surface area contributed by atoms with Gasteiger partial charge in [-0.25, -0.2) is 4.79 Å². The van der Waals surface area contributed by atoms with E-state index in [0.29, 0.717) is 0 Å². The summed E-state index contributed by atoms with van der Waals surface area (Å²) in [4.78, 5) is 23.4. The highest BCUT2D eigenvalue weighted by atomic mass is 16.7. The summed E-state index contributed by atoms with van der Waals surface area (Å²) in [6.07, 6.45) is -7.82. The smallest absolute Gasteiger partial charge is 0.364 e. The zero-order chi connectivity index (χ0) is 21.6. The minimum Gasteiger partial charge on any atom is -0.477 e. The van der Waals surface area contributed by atoms with Crippen molar-refractivity contribution in [2.75, 3.05) is 13.2 Å². The van der Waals surface area contributed by atoms with Crippen molar-refractivity contribution in [1.82, 2.24) is 5.32 Å². The molecule has 11 nitrogen and oxygen atoms in total. The van der Waals surface area contributed by atoms with E-state index in [9.17, 15) is 30.0 Å². The molecule has 7 N–H and O–H groups in total. The summed E-state index contributed by atoms with van der Waals surface area (Å²) in [5.41, 5.74) is 0.826. The number of benzene rings is 1. The first-order valence-corrected chi connectivity index (χ1v) is 8.87. The van der Waals surface area contributed by atoms with Gasteiger partial charge in [-0.1, -0.05) is 30.3 Å². The maximum absolute atomic E-state index is 12.2. The van der Waals surface area contributed by atoms with Crippen LogP contribution in [0, 0.1) is 0 Å². The Kier molecular flexibility index (Phi) is 8.05. The van der Waals surface area contributed by atoms with E-state index in [2.05, 4.69) is 5.32 Å². The van der Waals surface area contributed by atoms with Crippen LogP contribution in [0.5, 0.6) is 0 Å². The molecule has 3 unspecified atom stereocenters. The molecular weight excluding hydrogens is 390 g/mol. The van der Waals surface area contributed by atoms with Crippen LogP contribution in [0.3, 0.4) is 0 Å². The molecule has 1 saturated heterocycles. The highest BCUT2D eigenvalue weighted by molar-refractivity contribution is 5.78. The quantitative estimate of drug-likeness (QED) is 0.224. The first-order chi connectivity index (χ1) is 13.7. The standard InChI is InChI=1S/C18H25NO10/c20-7-12(22)15(24)16-14(11(21)6-18(27,29-16)17(25)26)19-13(23)9-28-8-10-4-2-1-3-5-10/h1-5,11-12,14-16,20-22,24,27H,6-9H2,(H,19,23)(H,25,26)/t11-,12?,14-,15?,16?,18+/m1/s1. The molecule has 0 spiro atoms. The van der Waals surface area contributed by atoms with E-state index < -0.39 is 67.8 Å². The monoisotopic (exact) mass is 415 g/mol. The number of aliphatic hydroxyl groups excluding tert-OH is 4. The molecule has 1 aliphatic heterocycles. The Morgan fingerprint density at radius 1 is 1.28 bits per heavy atom. The van der Waals surface area contributed by atoms with E-state index in [1.54, 1.807) is 24.3 Å². The van der Waals surface area contributed by atoms with Crippen molar-refractivity contribution in [3.05, 3.63) is 35.9 Å². The molecular formula is C18H25NO10. The largest absolute Gasteiger partial charge is 0.477 e. The highest BCUT2D eigenvalue weighted by Crippen LogP contribution is 2.30. The third-order valence-electron chi connectivity index (χ3n) is 4.51. The number of carboxylic acids is 1. The van der Waals surface area contributed by atoms with Crippen LogP contribution in [0.15, 0.2) is 30.3 Å². The molecule has 162 valence electrons. The van der Waals surface area contributed by atoms with Crippen LogP contribution in [0.25, 0.3) is 0 Å². The van der Waals surface area contributed by atoms with Gasteiger partial charge in [0.25, 0.3) is 5.79 Å². The summed E-state index contributed by atoms with van der Waals surface area (Å²) in [5.74, 6) is -5.36. The SMILES string of the molecule is O=C(COCc1ccccc1)N[C@H]1C(C(O)C(O)CO)O[C@](O)(C(=O)O)C[C@H]1O. The van der Waals surface area contributed by atoms with Gasteiger partial charge in [-0.3, -0.25) is 4.79 Å². The Balaban J connectivity index is 2.04. The Hall–Kier alpha value is -2.12. The maximum Gasteiger partial charge on any atom is 0.364 e. The summed E-state index contributed by atoms with van der Waals surface area (Å²) in [7, 11) is 0. The Bertz CT molecular complexity index is 686. The van der Waals surface area contributed by atoms with Crippen LogP contribution in [-0.4, -0.2) is 92.0 Å². The van der Waals surface area contributed by atoms with Gasteiger partial charge < -0.3 is 45.4 Å². The Morgan fingerprint density at radius 2 is 1.93 bits per heavy atom. The predicted molar refractivity (Wildman–Crippen MR) is 95.2 cm³/mol. The molecule has 1 amide bonds. The lowest BCUT2D eigenvalue weighted by Gasteiger charge is -2.44.